The lowest BCUT2D eigenvalue weighted by Gasteiger charge is -2.39. The highest BCUT2D eigenvalue weighted by atomic mass is 32.1. The van der Waals surface area contributed by atoms with E-state index in [0.29, 0.717) is 18.0 Å². The summed E-state index contributed by atoms with van der Waals surface area (Å²) in [6, 6.07) is -1.42. The van der Waals surface area contributed by atoms with Crippen LogP contribution in [0.3, 0.4) is 0 Å². The number of aromatic carboxylic acids is 1. The number of rotatable bonds is 17. The lowest BCUT2D eigenvalue weighted by molar-refractivity contribution is -0.149. The van der Waals surface area contributed by atoms with E-state index in [9.17, 15) is 24.6 Å². The van der Waals surface area contributed by atoms with Crippen LogP contribution >= 0.6 is 11.3 Å². The summed E-state index contributed by atoms with van der Waals surface area (Å²) in [7, 11) is 1.95. The Balaban J connectivity index is 2.32. The number of hydrogen-bond donors (Lipinski definition) is 3. The molecule has 1 aromatic rings. The average molecular weight is 583 g/mol. The minimum absolute atomic E-state index is 0.0441. The Morgan fingerprint density at radius 2 is 1.95 bits per heavy atom. The Hall–Kier alpha value is -2.08. The third-order valence-electron chi connectivity index (χ3n) is 7.92. The van der Waals surface area contributed by atoms with Crippen LogP contribution in [0.25, 0.3) is 0 Å². The number of carbonyl (C=O) groups is 3. The topological polar surface area (TPSA) is 132 Å². The van der Waals surface area contributed by atoms with E-state index in [1.54, 1.807) is 4.90 Å². The second kappa shape index (κ2) is 17.0. The van der Waals surface area contributed by atoms with Gasteiger partial charge in [-0.3, -0.25) is 14.5 Å². The number of aromatic nitrogens is 1. The smallest absolute Gasteiger partial charge is 0.355 e. The molecule has 1 saturated heterocycles. The highest BCUT2D eigenvalue weighted by Gasteiger charge is 2.38. The second-order valence-corrected chi connectivity index (χ2v) is 12.2. The molecule has 0 bridgehead atoms. The molecule has 2 rings (SSSR count). The van der Waals surface area contributed by atoms with Crippen LogP contribution < -0.4 is 5.32 Å². The van der Waals surface area contributed by atoms with E-state index in [0.717, 1.165) is 56.4 Å². The molecule has 0 aromatic carbocycles. The molecule has 2 amide bonds. The molecular formula is C29H50N4O6S. The number of aliphatic hydroxyl groups excluding tert-OH is 1. The first-order valence-corrected chi connectivity index (χ1v) is 15.6. The van der Waals surface area contributed by atoms with Gasteiger partial charge in [0, 0.05) is 24.4 Å². The standard InChI is InChI=1S/C29H50N4O6S/c1-7-9-12-15-39-18-33(23(19(3)4)16-24(34)27-30-21(17-40-27)29(37)38)28(36)25(20(5)8-2)31-26(35)22-13-10-11-14-32(22)6/h17,19-20,22-25,34H,7-16,18H2,1-6H3,(H,31,35)(H,37,38)/t20?,22-,23-,24-,25+/m1/s1. The quantitative estimate of drug-likeness (QED) is 0.183. The zero-order chi connectivity index (χ0) is 29.8. The van der Waals surface area contributed by atoms with Crippen LogP contribution in [0.1, 0.15) is 108 Å². The molecule has 10 nitrogen and oxygen atoms in total. The van der Waals surface area contributed by atoms with Crippen LogP contribution in [-0.2, 0) is 14.3 Å². The zero-order valence-electron chi connectivity index (χ0n) is 25.1. The van der Waals surface area contributed by atoms with Gasteiger partial charge in [0.15, 0.2) is 5.69 Å². The Morgan fingerprint density at radius 3 is 2.52 bits per heavy atom. The Labute approximate surface area is 243 Å². The minimum Gasteiger partial charge on any atom is -0.476 e. The Morgan fingerprint density at radius 1 is 1.23 bits per heavy atom. The number of piperidine rings is 1. The zero-order valence-corrected chi connectivity index (χ0v) is 25.9. The van der Waals surface area contributed by atoms with E-state index in [2.05, 4.69) is 22.1 Å². The third-order valence-corrected chi connectivity index (χ3v) is 8.86. The number of ether oxygens (including phenoxy) is 1. The van der Waals surface area contributed by atoms with E-state index in [1.165, 1.54) is 5.38 Å². The maximum absolute atomic E-state index is 14.3. The van der Waals surface area contributed by atoms with Crippen molar-refractivity contribution in [1.82, 2.24) is 20.1 Å². The molecule has 1 aliphatic rings. The first kappa shape index (κ1) is 34.1. The summed E-state index contributed by atoms with van der Waals surface area (Å²) in [6.07, 6.45) is 5.58. The maximum atomic E-state index is 14.3. The lowest BCUT2D eigenvalue weighted by Crippen LogP contribution is -2.59. The Kier molecular flexibility index (Phi) is 14.5. The molecule has 0 spiro atoms. The lowest BCUT2D eigenvalue weighted by atomic mass is 9.92. The van der Waals surface area contributed by atoms with E-state index in [4.69, 9.17) is 4.74 Å². The van der Waals surface area contributed by atoms with Crippen LogP contribution in [0.15, 0.2) is 5.38 Å². The molecule has 11 heteroatoms. The highest BCUT2D eigenvalue weighted by molar-refractivity contribution is 7.09. The summed E-state index contributed by atoms with van der Waals surface area (Å²) < 4.78 is 5.99. The van der Waals surface area contributed by atoms with Crippen molar-refractivity contribution in [2.24, 2.45) is 11.8 Å². The van der Waals surface area contributed by atoms with Crippen LogP contribution in [0.5, 0.6) is 0 Å². The summed E-state index contributed by atoms with van der Waals surface area (Å²) in [5.74, 6) is -1.66. The predicted molar refractivity (Wildman–Crippen MR) is 156 cm³/mol. The van der Waals surface area contributed by atoms with E-state index in [1.807, 2.05) is 34.7 Å². The molecule has 0 radical (unpaired) electrons. The number of aliphatic hydroxyl groups is 1. The van der Waals surface area contributed by atoms with Gasteiger partial charge in [-0.25, -0.2) is 9.78 Å². The van der Waals surface area contributed by atoms with Crippen molar-refractivity contribution in [3.63, 3.8) is 0 Å². The Bertz CT molecular complexity index is 941. The van der Waals surface area contributed by atoms with Gasteiger partial charge in [0.2, 0.25) is 11.8 Å². The molecule has 0 saturated carbocycles. The van der Waals surface area contributed by atoms with Gasteiger partial charge in [-0.2, -0.15) is 0 Å². The second-order valence-electron chi connectivity index (χ2n) is 11.4. The number of nitrogens with one attached hydrogen (secondary N) is 1. The fourth-order valence-corrected chi connectivity index (χ4v) is 5.88. The number of unbranched alkanes of at least 4 members (excludes halogenated alkanes) is 2. The normalized spacial score (nSPS) is 19.1. The molecule has 1 fully saturated rings. The van der Waals surface area contributed by atoms with Crippen molar-refractivity contribution in [2.75, 3.05) is 26.9 Å². The van der Waals surface area contributed by atoms with Gasteiger partial charge in [-0.1, -0.05) is 60.3 Å². The van der Waals surface area contributed by atoms with Crippen LogP contribution in [0.4, 0.5) is 0 Å². The largest absolute Gasteiger partial charge is 0.476 e. The summed E-state index contributed by atoms with van der Waals surface area (Å²) in [5, 5.41) is 25.1. The minimum atomic E-state index is -1.15. The number of hydrogen-bond acceptors (Lipinski definition) is 8. The number of likely N-dealkylation sites (tertiary alicyclic amines) is 1. The molecule has 5 atom stereocenters. The van der Waals surface area contributed by atoms with Crippen molar-refractivity contribution < 1.29 is 29.3 Å². The van der Waals surface area contributed by atoms with Crippen molar-refractivity contribution in [3.8, 4) is 0 Å². The number of nitrogens with zero attached hydrogens (tertiary/aromatic N) is 3. The predicted octanol–water partition coefficient (Wildman–Crippen LogP) is 4.30. The first-order chi connectivity index (χ1) is 19.0. The van der Waals surface area contributed by atoms with E-state index in [-0.39, 0.29) is 48.5 Å². The third kappa shape index (κ3) is 9.78. The SMILES string of the molecule is CCCCCOCN(C(=O)[C@@H](NC(=O)[C@H]1CCCCN1C)C(C)CC)[C@H](C[C@@H](O)c1nc(C(=O)O)cs1)C(C)C. The summed E-state index contributed by atoms with van der Waals surface area (Å²) in [6.45, 7) is 11.4. The van der Waals surface area contributed by atoms with Gasteiger partial charge in [-0.15, -0.1) is 11.3 Å². The summed E-state index contributed by atoms with van der Waals surface area (Å²) >= 11 is 1.09. The molecule has 40 heavy (non-hydrogen) atoms. The van der Waals surface area contributed by atoms with Gasteiger partial charge in [0.05, 0.1) is 6.04 Å². The molecule has 1 aliphatic heterocycles. The summed E-state index contributed by atoms with van der Waals surface area (Å²) in [5.41, 5.74) is -0.112. The van der Waals surface area contributed by atoms with Gasteiger partial charge in [0.25, 0.3) is 0 Å². The van der Waals surface area contributed by atoms with Gasteiger partial charge in [-0.05, 0) is 44.7 Å². The number of likely N-dealkylation sites (N-methyl/N-ethyl adjacent to an activating group) is 1. The van der Waals surface area contributed by atoms with Crippen LogP contribution in [0.2, 0.25) is 0 Å². The molecule has 3 N–H and O–H groups in total. The first-order valence-electron chi connectivity index (χ1n) is 14.8. The molecule has 228 valence electrons. The monoisotopic (exact) mass is 582 g/mol. The van der Waals surface area contributed by atoms with Gasteiger partial charge in [0.1, 0.15) is 23.9 Å². The van der Waals surface area contributed by atoms with E-state index < -0.39 is 24.2 Å². The molecule has 1 unspecified atom stereocenters. The fourth-order valence-electron chi connectivity index (χ4n) is 5.09. The molecular weight excluding hydrogens is 532 g/mol. The van der Waals surface area contributed by atoms with Crippen molar-refractivity contribution in [1.29, 1.82) is 0 Å². The van der Waals surface area contributed by atoms with E-state index >= 15 is 0 Å². The molecule has 2 heterocycles. The number of carboxylic acids is 1. The van der Waals surface area contributed by atoms with Crippen molar-refractivity contribution in [3.05, 3.63) is 16.1 Å². The van der Waals surface area contributed by atoms with Gasteiger partial charge >= 0.3 is 5.97 Å². The number of amides is 2. The fraction of sp³-hybridized carbons (Fsp3) is 0.793. The number of carbonyl (C=O) groups excluding carboxylic acids is 2. The number of carboxylic acid groups (broad SMARTS) is 1. The average Bonchev–Trinajstić information content (AvgIpc) is 3.43. The van der Waals surface area contributed by atoms with Crippen molar-refractivity contribution in [2.45, 2.75) is 110 Å². The maximum Gasteiger partial charge on any atom is 0.355 e. The van der Waals surface area contributed by atoms with Crippen LogP contribution in [0, 0.1) is 11.8 Å². The van der Waals surface area contributed by atoms with Gasteiger partial charge < -0.3 is 25.2 Å². The molecule has 1 aromatic heterocycles. The summed E-state index contributed by atoms with van der Waals surface area (Å²) in [4.78, 5) is 46.7. The highest BCUT2D eigenvalue weighted by Crippen LogP contribution is 2.29. The number of thiazole rings is 1. The van der Waals surface area contributed by atoms with Crippen LogP contribution in [-0.4, -0.2) is 87.8 Å². The molecule has 0 aliphatic carbocycles. The van der Waals surface area contributed by atoms with Crippen molar-refractivity contribution >= 4 is 29.1 Å².